The Hall–Kier alpha value is -2.16. The molecule has 1 aliphatic rings. The van der Waals surface area contributed by atoms with Gasteiger partial charge in [-0.3, -0.25) is 4.57 Å². The summed E-state index contributed by atoms with van der Waals surface area (Å²) in [5, 5.41) is 0. The van der Waals surface area contributed by atoms with Crippen LogP contribution in [0, 0.1) is 6.92 Å². The molecule has 2 heterocycles. The lowest BCUT2D eigenvalue weighted by Gasteiger charge is -2.40. The van der Waals surface area contributed by atoms with Crippen LogP contribution >= 0.6 is 0 Å². The first-order chi connectivity index (χ1) is 13.5. The Bertz CT molecular complexity index is 1230. The molecule has 29 heavy (non-hydrogen) atoms. The van der Waals surface area contributed by atoms with E-state index >= 15 is 0 Å². The van der Waals surface area contributed by atoms with Crippen molar-refractivity contribution in [3.63, 3.8) is 0 Å². The van der Waals surface area contributed by atoms with Crippen molar-refractivity contribution >= 4 is 33.8 Å². The summed E-state index contributed by atoms with van der Waals surface area (Å²) in [6.07, 6.45) is 0. The van der Waals surface area contributed by atoms with Crippen LogP contribution in [0.5, 0.6) is 0 Å². The SMILES string of the molecule is COC(C)(C)C(C)(C)OBc1ccc2c(c1)S(=O)(=O)c1cccc3nc(C)n-2c13. The smallest absolute Gasteiger partial charge is 0.309 e. The van der Waals surface area contributed by atoms with Gasteiger partial charge in [-0.2, -0.15) is 0 Å². The second-order valence-corrected chi connectivity index (χ2v) is 10.3. The predicted octanol–water partition coefficient (Wildman–Crippen LogP) is 2.68. The number of hydrogen-bond donors (Lipinski definition) is 0. The van der Waals surface area contributed by atoms with E-state index in [0.29, 0.717) is 21.6 Å². The maximum atomic E-state index is 13.3. The number of imidazole rings is 1. The van der Waals surface area contributed by atoms with Crippen LogP contribution in [0.4, 0.5) is 0 Å². The molecular formula is C21H25BN2O4S. The Kier molecular flexibility index (Phi) is 4.46. The van der Waals surface area contributed by atoms with Crippen LogP contribution in [0.2, 0.25) is 0 Å². The number of aryl methyl sites for hydroxylation is 1. The summed E-state index contributed by atoms with van der Waals surface area (Å²) in [5.41, 5.74) is 1.70. The van der Waals surface area contributed by atoms with Gasteiger partial charge in [-0.25, -0.2) is 13.4 Å². The summed E-state index contributed by atoms with van der Waals surface area (Å²) in [6, 6.07) is 10.7. The normalized spacial score (nSPS) is 15.4. The van der Waals surface area contributed by atoms with Gasteiger partial charge in [0.2, 0.25) is 9.84 Å². The summed E-state index contributed by atoms with van der Waals surface area (Å²) in [6.45, 7) is 9.75. The Morgan fingerprint density at radius 1 is 1.03 bits per heavy atom. The Morgan fingerprint density at radius 3 is 2.45 bits per heavy atom. The first-order valence-corrected chi connectivity index (χ1v) is 11.0. The topological polar surface area (TPSA) is 70.4 Å². The summed E-state index contributed by atoms with van der Waals surface area (Å²) in [5.74, 6) is 0.760. The van der Waals surface area contributed by atoms with Crippen molar-refractivity contribution in [2.24, 2.45) is 0 Å². The number of benzene rings is 2. The van der Waals surface area contributed by atoms with Crippen LogP contribution in [0.25, 0.3) is 16.7 Å². The average molecular weight is 412 g/mol. The molecule has 0 radical (unpaired) electrons. The minimum Gasteiger partial charge on any atom is -0.427 e. The molecule has 0 N–H and O–H groups in total. The number of para-hydroxylation sites is 1. The van der Waals surface area contributed by atoms with E-state index in [2.05, 4.69) is 4.98 Å². The fourth-order valence-corrected chi connectivity index (χ4v) is 5.26. The molecular weight excluding hydrogens is 387 g/mol. The molecule has 0 fully saturated rings. The third-order valence-corrected chi connectivity index (χ3v) is 8.03. The van der Waals surface area contributed by atoms with E-state index in [-0.39, 0.29) is 12.4 Å². The van der Waals surface area contributed by atoms with Crippen LogP contribution in [0.3, 0.4) is 0 Å². The van der Waals surface area contributed by atoms with Crippen molar-refractivity contribution in [2.45, 2.75) is 55.6 Å². The number of aromatic nitrogens is 2. The highest BCUT2D eigenvalue weighted by Gasteiger charge is 2.38. The maximum absolute atomic E-state index is 13.3. The zero-order valence-electron chi connectivity index (χ0n) is 17.6. The molecule has 2 aromatic carbocycles. The monoisotopic (exact) mass is 412 g/mol. The van der Waals surface area contributed by atoms with Gasteiger partial charge in [-0.1, -0.05) is 17.6 Å². The number of methoxy groups -OCH3 is 1. The number of ether oxygens (including phenoxy) is 1. The molecule has 3 aromatic rings. The third kappa shape index (κ3) is 2.93. The maximum Gasteiger partial charge on any atom is 0.309 e. The van der Waals surface area contributed by atoms with Crippen molar-refractivity contribution in [2.75, 3.05) is 7.11 Å². The van der Waals surface area contributed by atoms with Crippen molar-refractivity contribution in [1.29, 1.82) is 0 Å². The van der Waals surface area contributed by atoms with Gasteiger partial charge in [0, 0.05) is 7.11 Å². The molecule has 0 amide bonds. The molecule has 0 atom stereocenters. The quantitative estimate of drug-likeness (QED) is 0.472. The number of fused-ring (bicyclic) bond motifs is 2. The van der Waals surface area contributed by atoms with Crippen LogP contribution < -0.4 is 5.46 Å². The van der Waals surface area contributed by atoms with Crippen LogP contribution in [-0.2, 0) is 19.2 Å². The standard InChI is InChI=1S/C21H25BN2O4S/c1-13-23-15-8-7-9-17-19(15)24(13)16-11-10-14(12-18(16)29(17,25)26)22-28-21(4,5)20(2,3)27-6/h7-12,22H,1-6H3. The second-order valence-electron chi connectivity index (χ2n) is 8.44. The largest absolute Gasteiger partial charge is 0.427 e. The molecule has 1 aliphatic heterocycles. The fourth-order valence-electron chi connectivity index (χ4n) is 3.57. The van der Waals surface area contributed by atoms with E-state index in [0.717, 1.165) is 11.3 Å². The fraction of sp³-hybridized carbons (Fsp3) is 0.381. The summed E-state index contributed by atoms with van der Waals surface area (Å²) in [4.78, 5) is 5.11. The van der Waals surface area contributed by atoms with E-state index in [1.807, 2.05) is 57.4 Å². The molecule has 6 nitrogen and oxygen atoms in total. The Balaban J connectivity index is 1.79. The van der Waals surface area contributed by atoms with Gasteiger partial charge in [0.05, 0.1) is 37.7 Å². The number of sulfone groups is 1. The molecule has 1 aromatic heterocycles. The first kappa shape index (κ1) is 20.1. The predicted molar refractivity (Wildman–Crippen MR) is 114 cm³/mol. The van der Waals surface area contributed by atoms with Gasteiger partial charge in [0.15, 0.2) is 0 Å². The molecule has 8 heteroatoms. The van der Waals surface area contributed by atoms with Crippen molar-refractivity contribution in [1.82, 2.24) is 9.55 Å². The average Bonchev–Trinajstić information content (AvgIpc) is 3.01. The van der Waals surface area contributed by atoms with Crippen LogP contribution in [0.15, 0.2) is 46.2 Å². The van der Waals surface area contributed by atoms with Crippen LogP contribution in [-0.4, -0.2) is 43.8 Å². The molecule has 152 valence electrons. The Labute approximate surface area is 172 Å². The van der Waals surface area contributed by atoms with E-state index < -0.39 is 21.0 Å². The van der Waals surface area contributed by atoms with Crippen molar-refractivity contribution in [3.8, 4) is 5.69 Å². The minimum absolute atomic E-state index is 0.280. The van der Waals surface area contributed by atoms with E-state index in [1.165, 1.54) is 0 Å². The van der Waals surface area contributed by atoms with Gasteiger partial charge in [-0.05, 0) is 58.9 Å². The number of nitrogens with zero attached hydrogens (tertiary/aromatic N) is 2. The zero-order chi connectivity index (χ0) is 21.2. The van der Waals surface area contributed by atoms with Crippen molar-refractivity contribution < 1.29 is 17.8 Å². The van der Waals surface area contributed by atoms with E-state index in [1.54, 1.807) is 25.3 Å². The summed E-state index contributed by atoms with van der Waals surface area (Å²) >= 11 is 0. The highest BCUT2D eigenvalue weighted by molar-refractivity contribution is 7.92. The highest BCUT2D eigenvalue weighted by Crippen LogP contribution is 2.38. The summed E-state index contributed by atoms with van der Waals surface area (Å²) < 4.78 is 40.3. The lowest BCUT2D eigenvalue weighted by atomic mass is 9.82. The molecule has 4 rings (SSSR count). The molecule has 0 saturated heterocycles. The second kappa shape index (κ2) is 6.42. The molecule has 0 spiro atoms. The lowest BCUT2D eigenvalue weighted by Crippen LogP contribution is -2.50. The molecule has 0 saturated carbocycles. The minimum atomic E-state index is -3.64. The summed E-state index contributed by atoms with van der Waals surface area (Å²) in [7, 11) is -1.71. The third-order valence-electron chi connectivity index (χ3n) is 6.21. The van der Waals surface area contributed by atoms with Gasteiger partial charge in [-0.15, -0.1) is 0 Å². The molecule has 0 aliphatic carbocycles. The zero-order valence-corrected chi connectivity index (χ0v) is 18.4. The highest BCUT2D eigenvalue weighted by atomic mass is 32.2. The van der Waals surface area contributed by atoms with Gasteiger partial charge < -0.3 is 9.39 Å². The van der Waals surface area contributed by atoms with Gasteiger partial charge >= 0.3 is 7.48 Å². The van der Waals surface area contributed by atoms with E-state index in [4.69, 9.17) is 9.39 Å². The van der Waals surface area contributed by atoms with Crippen molar-refractivity contribution in [3.05, 3.63) is 42.2 Å². The Morgan fingerprint density at radius 2 is 1.76 bits per heavy atom. The van der Waals surface area contributed by atoms with E-state index in [9.17, 15) is 8.42 Å². The first-order valence-electron chi connectivity index (χ1n) is 9.55. The molecule has 0 bridgehead atoms. The van der Waals surface area contributed by atoms with Gasteiger partial charge in [0.1, 0.15) is 5.82 Å². The van der Waals surface area contributed by atoms with Crippen LogP contribution in [0.1, 0.15) is 33.5 Å². The number of rotatable bonds is 5. The van der Waals surface area contributed by atoms with Gasteiger partial charge in [0.25, 0.3) is 0 Å². The lowest BCUT2D eigenvalue weighted by molar-refractivity contribution is -0.114. The molecule has 0 unspecified atom stereocenters. The number of hydrogen-bond acceptors (Lipinski definition) is 5.